The van der Waals surface area contributed by atoms with Gasteiger partial charge in [0.25, 0.3) is 0 Å². The fraction of sp³-hybridized carbons (Fsp3) is 0.222. The molecule has 1 aromatic carbocycles. The average Bonchev–Trinajstić information content (AvgIpc) is 2.57. The first-order chi connectivity index (χ1) is 10.9. The van der Waals surface area contributed by atoms with Gasteiger partial charge in [-0.3, -0.25) is 9.98 Å². The van der Waals surface area contributed by atoms with Gasteiger partial charge in [-0.15, -0.1) is 0 Å². The quantitative estimate of drug-likeness (QED) is 0.915. The van der Waals surface area contributed by atoms with Crippen LogP contribution in [0.3, 0.4) is 0 Å². The maximum atomic E-state index is 9.59. The highest BCUT2D eigenvalue weighted by Crippen LogP contribution is 2.27. The summed E-state index contributed by atoms with van der Waals surface area (Å²) in [7, 11) is 0. The Kier molecular flexibility index (Phi) is 4.61. The summed E-state index contributed by atoms with van der Waals surface area (Å²) in [5.41, 5.74) is 3.90. The van der Waals surface area contributed by atoms with E-state index in [0.29, 0.717) is 0 Å². The molecule has 0 bridgehead atoms. The molecule has 112 valence electrons. The number of benzene rings is 1. The second-order valence-electron chi connectivity index (χ2n) is 5.24. The number of aliphatic hydroxyl groups is 1. The lowest BCUT2D eigenvalue weighted by Gasteiger charge is -2.23. The number of nitrogens with zero attached hydrogens (tertiary/aromatic N) is 2. The minimum absolute atomic E-state index is 0.0219. The zero-order valence-electron chi connectivity index (χ0n) is 12.3. The molecule has 0 amide bonds. The molecule has 4 nitrogen and oxygen atoms in total. The van der Waals surface area contributed by atoms with E-state index in [-0.39, 0.29) is 12.6 Å². The lowest BCUT2D eigenvalue weighted by Crippen LogP contribution is -2.32. The van der Waals surface area contributed by atoms with E-state index < -0.39 is 0 Å². The Morgan fingerprint density at radius 1 is 1.05 bits per heavy atom. The second kappa shape index (κ2) is 7.00. The molecule has 22 heavy (non-hydrogen) atoms. The number of rotatable bonds is 3. The zero-order chi connectivity index (χ0) is 15.2. The Morgan fingerprint density at radius 3 is 2.55 bits per heavy atom. The number of aliphatic imine (C=N–C) groups is 1. The van der Waals surface area contributed by atoms with Crippen molar-refractivity contribution in [2.75, 3.05) is 6.61 Å². The van der Waals surface area contributed by atoms with Gasteiger partial charge in [0, 0.05) is 35.8 Å². The topological polar surface area (TPSA) is 57.5 Å². The third-order valence-corrected chi connectivity index (χ3v) is 3.69. The molecule has 3 rings (SSSR count). The van der Waals surface area contributed by atoms with Crippen LogP contribution in [0.15, 0.2) is 59.9 Å². The second-order valence-corrected chi connectivity index (χ2v) is 5.24. The van der Waals surface area contributed by atoms with Gasteiger partial charge in [-0.25, -0.2) is 0 Å². The number of aliphatic hydroxyl groups excluding tert-OH is 1. The van der Waals surface area contributed by atoms with Gasteiger partial charge in [-0.1, -0.05) is 30.3 Å². The van der Waals surface area contributed by atoms with Gasteiger partial charge < -0.3 is 10.4 Å². The van der Waals surface area contributed by atoms with E-state index >= 15 is 0 Å². The summed E-state index contributed by atoms with van der Waals surface area (Å²) in [6.07, 6.45) is 7.17. The molecule has 0 unspecified atom stereocenters. The molecule has 4 heteroatoms. The molecule has 0 spiro atoms. The van der Waals surface area contributed by atoms with E-state index in [2.05, 4.69) is 15.3 Å². The first kappa shape index (κ1) is 14.5. The van der Waals surface area contributed by atoms with Gasteiger partial charge in [-0.2, -0.15) is 0 Å². The molecule has 1 aliphatic heterocycles. The molecule has 2 aromatic rings. The van der Waals surface area contributed by atoms with Gasteiger partial charge in [0.05, 0.1) is 18.0 Å². The van der Waals surface area contributed by atoms with Crippen LogP contribution >= 0.6 is 0 Å². The van der Waals surface area contributed by atoms with Crippen molar-refractivity contribution in [2.45, 2.75) is 18.9 Å². The highest BCUT2D eigenvalue weighted by atomic mass is 16.3. The summed E-state index contributed by atoms with van der Waals surface area (Å²) >= 11 is 0. The maximum absolute atomic E-state index is 9.59. The summed E-state index contributed by atoms with van der Waals surface area (Å²) in [5, 5.41) is 13.0. The lowest BCUT2D eigenvalue weighted by atomic mass is 10.0. The molecular weight excluding hydrogens is 274 g/mol. The fourth-order valence-electron chi connectivity index (χ4n) is 2.53. The molecule has 0 radical (unpaired) electrons. The van der Waals surface area contributed by atoms with Crippen molar-refractivity contribution in [2.24, 2.45) is 4.99 Å². The van der Waals surface area contributed by atoms with Crippen LogP contribution in [0.25, 0.3) is 11.4 Å². The van der Waals surface area contributed by atoms with Crippen LogP contribution in [0.5, 0.6) is 0 Å². The predicted molar refractivity (Wildman–Crippen MR) is 89.2 cm³/mol. The fourth-order valence-corrected chi connectivity index (χ4v) is 2.53. The van der Waals surface area contributed by atoms with Crippen LogP contribution in [0, 0.1) is 0 Å². The largest absolute Gasteiger partial charge is 0.394 e. The first-order valence-electron chi connectivity index (χ1n) is 7.48. The molecular formula is C18H19N3O. The van der Waals surface area contributed by atoms with Gasteiger partial charge in [0.1, 0.15) is 0 Å². The van der Waals surface area contributed by atoms with E-state index in [0.717, 1.165) is 35.4 Å². The Labute approximate surface area is 130 Å². The Morgan fingerprint density at radius 2 is 1.82 bits per heavy atom. The summed E-state index contributed by atoms with van der Waals surface area (Å²) < 4.78 is 0. The highest BCUT2D eigenvalue weighted by molar-refractivity contribution is 5.92. The Bertz CT molecular complexity index is 665. The van der Waals surface area contributed by atoms with E-state index in [1.807, 2.05) is 48.7 Å². The predicted octanol–water partition coefficient (Wildman–Crippen LogP) is 2.72. The van der Waals surface area contributed by atoms with Crippen LogP contribution in [-0.4, -0.2) is 29.0 Å². The molecule has 0 fully saturated rings. The van der Waals surface area contributed by atoms with E-state index in [1.54, 1.807) is 12.4 Å². The summed E-state index contributed by atoms with van der Waals surface area (Å²) in [6.45, 7) is 0.102. The van der Waals surface area contributed by atoms with Crippen LogP contribution in [-0.2, 0) is 0 Å². The smallest absolute Gasteiger partial charge is 0.0935 e. The third kappa shape index (κ3) is 3.23. The SMILES string of the molecule is OC[C@@H]1CCC=N/C(c2ccccc2)=C(/c2ccncc2)N1. The van der Waals surface area contributed by atoms with Crippen molar-refractivity contribution in [3.63, 3.8) is 0 Å². The Hall–Kier alpha value is -2.46. The summed E-state index contributed by atoms with van der Waals surface area (Å²) in [4.78, 5) is 8.75. The van der Waals surface area contributed by atoms with Gasteiger partial charge in [0.15, 0.2) is 0 Å². The zero-order valence-corrected chi connectivity index (χ0v) is 12.3. The van der Waals surface area contributed by atoms with Crippen LogP contribution in [0.1, 0.15) is 24.0 Å². The normalized spacial score (nSPS) is 21.8. The molecule has 0 saturated heterocycles. The third-order valence-electron chi connectivity index (χ3n) is 3.69. The highest BCUT2D eigenvalue weighted by Gasteiger charge is 2.17. The first-order valence-corrected chi connectivity index (χ1v) is 7.48. The van der Waals surface area contributed by atoms with Gasteiger partial charge in [-0.05, 0) is 25.0 Å². The summed E-state index contributed by atoms with van der Waals surface area (Å²) in [6, 6.07) is 14.0. The number of pyridine rings is 1. The van der Waals surface area contributed by atoms with Crippen molar-refractivity contribution in [1.82, 2.24) is 10.3 Å². The minimum Gasteiger partial charge on any atom is -0.394 e. The lowest BCUT2D eigenvalue weighted by molar-refractivity contribution is 0.249. The molecule has 1 atom stereocenters. The molecule has 0 aliphatic carbocycles. The van der Waals surface area contributed by atoms with Crippen LogP contribution in [0.2, 0.25) is 0 Å². The van der Waals surface area contributed by atoms with Crippen molar-refractivity contribution in [3.05, 3.63) is 66.0 Å². The number of nitrogens with one attached hydrogen (secondary N) is 1. The van der Waals surface area contributed by atoms with E-state index in [9.17, 15) is 5.11 Å². The Balaban J connectivity index is 2.14. The van der Waals surface area contributed by atoms with Crippen molar-refractivity contribution in [3.8, 4) is 0 Å². The van der Waals surface area contributed by atoms with E-state index in [1.165, 1.54) is 0 Å². The van der Waals surface area contributed by atoms with Gasteiger partial charge in [0.2, 0.25) is 0 Å². The number of hydrogen-bond acceptors (Lipinski definition) is 4. The maximum Gasteiger partial charge on any atom is 0.0935 e. The van der Waals surface area contributed by atoms with Crippen LogP contribution < -0.4 is 5.32 Å². The van der Waals surface area contributed by atoms with Crippen molar-refractivity contribution in [1.29, 1.82) is 0 Å². The molecule has 1 aromatic heterocycles. The minimum atomic E-state index is 0.0219. The number of aromatic nitrogens is 1. The molecule has 0 saturated carbocycles. The monoisotopic (exact) mass is 293 g/mol. The molecule has 1 aliphatic rings. The van der Waals surface area contributed by atoms with E-state index in [4.69, 9.17) is 0 Å². The van der Waals surface area contributed by atoms with Gasteiger partial charge >= 0.3 is 0 Å². The average molecular weight is 293 g/mol. The molecule has 2 N–H and O–H groups in total. The number of hydrogen-bond donors (Lipinski definition) is 2. The standard InChI is InChI=1S/C18H19N3O/c22-13-16-7-4-10-20-17(14-5-2-1-3-6-14)18(21-16)15-8-11-19-12-9-15/h1-3,5-6,8-12,16,21-22H,4,7,13H2/b18-17-,20-10?/t16-/m0/s1. The molecule has 2 heterocycles. The summed E-state index contributed by atoms with van der Waals surface area (Å²) in [5.74, 6) is 0. The van der Waals surface area contributed by atoms with Crippen molar-refractivity contribution < 1.29 is 5.11 Å². The van der Waals surface area contributed by atoms with Crippen molar-refractivity contribution >= 4 is 17.6 Å². The van der Waals surface area contributed by atoms with Crippen LogP contribution in [0.4, 0.5) is 0 Å².